The van der Waals surface area contributed by atoms with E-state index in [0.717, 1.165) is 30.8 Å². The molecule has 2 rings (SSSR count). The zero-order valence-corrected chi connectivity index (χ0v) is 10.7. The van der Waals surface area contributed by atoms with Gasteiger partial charge in [0.25, 0.3) is 0 Å². The van der Waals surface area contributed by atoms with Gasteiger partial charge in [0.2, 0.25) is 5.91 Å². The Kier molecular flexibility index (Phi) is 4.20. The number of hydrogen-bond acceptors (Lipinski definition) is 3. The van der Waals surface area contributed by atoms with Crippen LogP contribution in [0.5, 0.6) is 0 Å². The summed E-state index contributed by atoms with van der Waals surface area (Å²) in [6, 6.07) is 7.83. The minimum atomic E-state index is -0.397. The summed E-state index contributed by atoms with van der Waals surface area (Å²) < 4.78 is 0. The first-order valence-electron chi connectivity index (χ1n) is 6.50. The van der Waals surface area contributed by atoms with Crippen LogP contribution in [0.15, 0.2) is 24.3 Å². The first-order valence-corrected chi connectivity index (χ1v) is 6.50. The largest absolute Gasteiger partial charge is 0.388 e. The average molecular weight is 248 g/mol. The zero-order valence-electron chi connectivity index (χ0n) is 10.7. The molecule has 1 amide bonds. The lowest BCUT2D eigenvalue weighted by atomic mass is 10.1. The summed E-state index contributed by atoms with van der Waals surface area (Å²) >= 11 is 0. The number of carbonyl (C=O) groups is 1. The normalized spacial score (nSPS) is 18.1. The molecule has 0 radical (unpaired) electrons. The standard InChI is InChI=1S/C14H20N2O2/c1-2-13(17)11-4-6-12(7-5-11)16-9-3-8-15-14(18)10-16/h4-7,13,17H,2-3,8-10H2,1H3,(H,15,18)/t13-/m1/s1. The Labute approximate surface area is 108 Å². The average Bonchev–Trinajstić information content (AvgIpc) is 2.63. The molecule has 1 heterocycles. The molecule has 0 saturated carbocycles. The number of aliphatic hydroxyl groups is 1. The van der Waals surface area contributed by atoms with Gasteiger partial charge in [0.1, 0.15) is 0 Å². The Balaban J connectivity index is 2.10. The lowest BCUT2D eigenvalue weighted by Gasteiger charge is -2.21. The number of hydrogen-bond donors (Lipinski definition) is 2. The van der Waals surface area contributed by atoms with Crippen LogP contribution in [0, 0.1) is 0 Å². The van der Waals surface area contributed by atoms with Crippen LogP contribution in [0.25, 0.3) is 0 Å². The number of carbonyl (C=O) groups excluding carboxylic acids is 1. The molecular formula is C14H20N2O2. The highest BCUT2D eigenvalue weighted by molar-refractivity contribution is 5.81. The Morgan fingerprint density at radius 2 is 2.11 bits per heavy atom. The first kappa shape index (κ1) is 12.9. The van der Waals surface area contributed by atoms with E-state index in [0.29, 0.717) is 13.0 Å². The zero-order chi connectivity index (χ0) is 13.0. The predicted molar refractivity (Wildman–Crippen MR) is 71.5 cm³/mol. The van der Waals surface area contributed by atoms with Crippen LogP contribution in [0.1, 0.15) is 31.4 Å². The molecule has 98 valence electrons. The molecule has 1 aliphatic rings. The summed E-state index contributed by atoms with van der Waals surface area (Å²) in [5.74, 6) is 0.0742. The predicted octanol–water partition coefficient (Wildman–Crippen LogP) is 1.46. The molecule has 1 fully saturated rings. The van der Waals surface area contributed by atoms with Gasteiger partial charge in [0.15, 0.2) is 0 Å². The van der Waals surface area contributed by atoms with E-state index in [4.69, 9.17) is 0 Å². The summed E-state index contributed by atoms with van der Waals surface area (Å²) in [6.45, 7) is 4.00. The quantitative estimate of drug-likeness (QED) is 0.851. The smallest absolute Gasteiger partial charge is 0.239 e. The van der Waals surface area contributed by atoms with Crippen molar-refractivity contribution in [1.82, 2.24) is 5.32 Å². The van der Waals surface area contributed by atoms with Crippen LogP contribution in [-0.4, -0.2) is 30.6 Å². The summed E-state index contributed by atoms with van der Waals surface area (Å²) in [4.78, 5) is 13.6. The van der Waals surface area contributed by atoms with Crippen LogP contribution in [0.4, 0.5) is 5.69 Å². The maximum Gasteiger partial charge on any atom is 0.239 e. The van der Waals surface area contributed by atoms with Gasteiger partial charge in [0.05, 0.1) is 12.6 Å². The molecule has 1 aromatic rings. The van der Waals surface area contributed by atoms with Crippen molar-refractivity contribution < 1.29 is 9.90 Å². The molecule has 0 unspecified atom stereocenters. The van der Waals surface area contributed by atoms with Crippen molar-refractivity contribution in [2.75, 3.05) is 24.5 Å². The topological polar surface area (TPSA) is 52.6 Å². The van der Waals surface area contributed by atoms with Crippen LogP contribution < -0.4 is 10.2 Å². The number of anilines is 1. The third kappa shape index (κ3) is 3.01. The third-order valence-electron chi connectivity index (χ3n) is 3.29. The first-order chi connectivity index (χ1) is 8.70. The maximum absolute atomic E-state index is 11.5. The molecule has 4 heteroatoms. The van der Waals surface area contributed by atoms with Crippen molar-refractivity contribution in [2.24, 2.45) is 0 Å². The lowest BCUT2D eigenvalue weighted by molar-refractivity contribution is -0.119. The summed E-state index contributed by atoms with van der Waals surface area (Å²) in [5.41, 5.74) is 1.97. The van der Waals surface area contributed by atoms with E-state index < -0.39 is 6.10 Å². The molecule has 1 aromatic carbocycles. The van der Waals surface area contributed by atoms with Gasteiger partial charge in [0, 0.05) is 18.8 Å². The van der Waals surface area contributed by atoms with Crippen molar-refractivity contribution in [1.29, 1.82) is 0 Å². The van der Waals surface area contributed by atoms with E-state index >= 15 is 0 Å². The van der Waals surface area contributed by atoms with Gasteiger partial charge < -0.3 is 15.3 Å². The van der Waals surface area contributed by atoms with E-state index in [-0.39, 0.29) is 5.91 Å². The fraction of sp³-hybridized carbons (Fsp3) is 0.500. The molecular weight excluding hydrogens is 228 g/mol. The molecule has 1 aliphatic heterocycles. The van der Waals surface area contributed by atoms with Crippen molar-refractivity contribution in [3.8, 4) is 0 Å². The Morgan fingerprint density at radius 1 is 1.39 bits per heavy atom. The highest BCUT2D eigenvalue weighted by atomic mass is 16.3. The van der Waals surface area contributed by atoms with Gasteiger partial charge in [-0.05, 0) is 30.5 Å². The number of aliphatic hydroxyl groups excluding tert-OH is 1. The van der Waals surface area contributed by atoms with Crippen LogP contribution in [-0.2, 0) is 4.79 Å². The van der Waals surface area contributed by atoms with Crippen molar-refractivity contribution in [3.05, 3.63) is 29.8 Å². The van der Waals surface area contributed by atoms with E-state index in [9.17, 15) is 9.90 Å². The number of rotatable bonds is 3. The Bertz CT molecular complexity index is 403. The minimum absolute atomic E-state index is 0.0742. The summed E-state index contributed by atoms with van der Waals surface area (Å²) in [6.07, 6.45) is 1.28. The molecule has 1 saturated heterocycles. The number of nitrogens with one attached hydrogen (secondary N) is 1. The molecule has 4 nitrogen and oxygen atoms in total. The van der Waals surface area contributed by atoms with Crippen LogP contribution in [0.2, 0.25) is 0 Å². The molecule has 1 atom stereocenters. The highest BCUT2D eigenvalue weighted by Gasteiger charge is 2.15. The minimum Gasteiger partial charge on any atom is -0.388 e. The number of benzene rings is 1. The lowest BCUT2D eigenvalue weighted by Crippen LogP contribution is -2.32. The van der Waals surface area contributed by atoms with Gasteiger partial charge in [-0.3, -0.25) is 4.79 Å². The van der Waals surface area contributed by atoms with Gasteiger partial charge in [-0.25, -0.2) is 0 Å². The molecule has 0 spiro atoms. The second kappa shape index (κ2) is 5.87. The van der Waals surface area contributed by atoms with Crippen LogP contribution >= 0.6 is 0 Å². The van der Waals surface area contributed by atoms with Crippen molar-refractivity contribution >= 4 is 11.6 Å². The highest BCUT2D eigenvalue weighted by Crippen LogP contribution is 2.21. The molecule has 0 aromatic heterocycles. The second-order valence-corrected chi connectivity index (χ2v) is 4.64. The molecule has 0 aliphatic carbocycles. The maximum atomic E-state index is 11.5. The third-order valence-corrected chi connectivity index (χ3v) is 3.29. The molecule has 18 heavy (non-hydrogen) atoms. The molecule has 2 N–H and O–H groups in total. The number of amides is 1. The van der Waals surface area contributed by atoms with Crippen molar-refractivity contribution in [3.63, 3.8) is 0 Å². The monoisotopic (exact) mass is 248 g/mol. The van der Waals surface area contributed by atoms with Gasteiger partial charge >= 0.3 is 0 Å². The Hall–Kier alpha value is -1.55. The van der Waals surface area contributed by atoms with E-state index in [1.807, 2.05) is 31.2 Å². The fourth-order valence-electron chi connectivity index (χ4n) is 2.17. The van der Waals surface area contributed by atoms with Gasteiger partial charge in [-0.15, -0.1) is 0 Å². The van der Waals surface area contributed by atoms with E-state index in [1.165, 1.54) is 0 Å². The summed E-state index contributed by atoms with van der Waals surface area (Å²) in [5, 5.41) is 12.6. The number of nitrogens with zero attached hydrogens (tertiary/aromatic N) is 1. The fourth-order valence-corrected chi connectivity index (χ4v) is 2.17. The van der Waals surface area contributed by atoms with Crippen molar-refractivity contribution in [2.45, 2.75) is 25.9 Å². The summed E-state index contributed by atoms with van der Waals surface area (Å²) in [7, 11) is 0. The van der Waals surface area contributed by atoms with Gasteiger partial charge in [-0.1, -0.05) is 19.1 Å². The molecule has 0 bridgehead atoms. The second-order valence-electron chi connectivity index (χ2n) is 4.64. The van der Waals surface area contributed by atoms with E-state index in [1.54, 1.807) is 0 Å². The van der Waals surface area contributed by atoms with E-state index in [2.05, 4.69) is 10.2 Å². The van der Waals surface area contributed by atoms with Gasteiger partial charge in [-0.2, -0.15) is 0 Å². The Morgan fingerprint density at radius 3 is 2.78 bits per heavy atom. The van der Waals surface area contributed by atoms with Crippen LogP contribution in [0.3, 0.4) is 0 Å². The SMILES string of the molecule is CC[C@@H](O)c1ccc(N2CCCNC(=O)C2)cc1.